The van der Waals surface area contributed by atoms with Crippen molar-refractivity contribution in [2.45, 2.75) is 13.8 Å². The molecule has 0 amide bonds. The Labute approximate surface area is 107 Å². The van der Waals surface area contributed by atoms with E-state index in [0.29, 0.717) is 10.2 Å². The zero-order valence-corrected chi connectivity index (χ0v) is 11.4. The van der Waals surface area contributed by atoms with Crippen molar-refractivity contribution in [3.05, 3.63) is 33.1 Å². The zero-order chi connectivity index (χ0) is 11.4. The fourth-order valence-electron chi connectivity index (χ4n) is 1.02. The molecule has 2 aromatic rings. The molecule has 0 atom stereocenters. The summed E-state index contributed by atoms with van der Waals surface area (Å²) in [6.07, 6.45) is 1.41. The lowest BCUT2D eigenvalue weighted by atomic mass is 10.2. The first-order valence-electron chi connectivity index (χ1n) is 4.44. The number of nitrogens with zero attached hydrogens (tertiary/aromatic N) is 2. The summed E-state index contributed by atoms with van der Waals surface area (Å²) < 4.78 is 0.790. The molecule has 0 unspecified atom stereocenters. The standard InChI is InChI=1S/C8H3BrCl2N2.C2H6/c9-5-1-4-7(2-6(5)10)12-3-13-8(4)11;1-2/h1-3H;1-2H3. The van der Waals surface area contributed by atoms with E-state index in [1.807, 2.05) is 13.8 Å². The topological polar surface area (TPSA) is 25.8 Å². The molecule has 80 valence electrons. The Bertz CT molecular complexity index is 474. The molecular formula is C10H9BrCl2N2. The van der Waals surface area contributed by atoms with Crippen LogP contribution in [0, 0.1) is 0 Å². The molecule has 0 bridgehead atoms. The second kappa shape index (κ2) is 5.64. The summed E-state index contributed by atoms with van der Waals surface area (Å²) in [4.78, 5) is 7.91. The molecule has 1 aromatic heterocycles. The third-order valence-electron chi connectivity index (χ3n) is 1.63. The van der Waals surface area contributed by atoms with Crippen LogP contribution in [0.15, 0.2) is 22.9 Å². The molecule has 15 heavy (non-hydrogen) atoms. The van der Waals surface area contributed by atoms with Gasteiger partial charge < -0.3 is 0 Å². The molecular weight excluding hydrogens is 299 g/mol. The highest BCUT2D eigenvalue weighted by atomic mass is 79.9. The van der Waals surface area contributed by atoms with Crippen molar-refractivity contribution in [1.82, 2.24) is 9.97 Å². The number of hydrogen-bond donors (Lipinski definition) is 0. The Hall–Kier alpha value is -0.380. The van der Waals surface area contributed by atoms with Crippen LogP contribution in [0.25, 0.3) is 10.9 Å². The largest absolute Gasteiger partial charge is 0.236 e. The Morgan fingerprint density at radius 1 is 1.13 bits per heavy atom. The SMILES string of the molecule is CC.Clc1cc2ncnc(Cl)c2cc1Br. The van der Waals surface area contributed by atoms with Crippen LogP contribution in [-0.2, 0) is 0 Å². The maximum Gasteiger partial charge on any atom is 0.140 e. The van der Waals surface area contributed by atoms with Gasteiger partial charge in [-0.05, 0) is 28.1 Å². The van der Waals surface area contributed by atoms with E-state index in [-0.39, 0.29) is 0 Å². The van der Waals surface area contributed by atoms with E-state index in [9.17, 15) is 0 Å². The molecule has 1 aromatic carbocycles. The van der Waals surface area contributed by atoms with Crippen molar-refractivity contribution in [3.8, 4) is 0 Å². The highest BCUT2D eigenvalue weighted by molar-refractivity contribution is 9.10. The Morgan fingerprint density at radius 3 is 2.47 bits per heavy atom. The molecule has 0 aliphatic carbocycles. The van der Waals surface area contributed by atoms with Crippen molar-refractivity contribution in [3.63, 3.8) is 0 Å². The monoisotopic (exact) mass is 306 g/mol. The summed E-state index contributed by atoms with van der Waals surface area (Å²) >= 11 is 15.1. The average Bonchev–Trinajstić information content (AvgIpc) is 2.24. The van der Waals surface area contributed by atoms with Crippen LogP contribution in [0.3, 0.4) is 0 Å². The first kappa shape index (κ1) is 12.7. The number of hydrogen-bond acceptors (Lipinski definition) is 2. The van der Waals surface area contributed by atoms with E-state index < -0.39 is 0 Å². The summed E-state index contributed by atoms with van der Waals surface area (Å²) in [7, 11) is 0. The Balaban J connectivity index is 0.000000531. The molecule has 0 radical (unpaired) electrons. The number of benzene rings is 1. The van der Waals surface area contributed by atoms with E-state index in [4.69, 9.17) is 23.2 Å². The number of halogens is 3. The van der Waals surface area contributed by atoms with Gasteiger partial charge in [0, 0.05) is 9.86 Å². The first-order chi connectivity index (χ1) is 7.18. The lowest BCUT2D eigenvalue weighted by molar-refractivity contribution is 1.22. The summed E-state index contributed by atoms with van der Waals surface area (Å²) in [5, 5.41) is 1.84. The summed E-state index contributed by atoms with van der Waals surface area (Å²) in [5.74, 6) is 0. The van der Waals surface area contributed by atoms with Gasteiger partial charge in [-0.2, -0.15) is 0 Å². The predicted molar refractivity (Wildman–Crippen MR) is 68.6 cm³/mol. The van der Waals surface area contributed by atoms with E-state index in [1.165, 1.54) is 6.33 Å². The quantitative estimate of drug-likeness (QED) is 0.658. The van der Waals surface area contributed by atoms with Gasteiger partial charge in [-0.3, -0.25) is 0 Å². The molecule has 2 nitrogen and oxygen atoms in total. The van der Waals surface area contributed by atoms with E-state index in [2.05, 4.69) is 25.9 Å². The van der Waals surface area contributed by atoms with E-state index in [0.717, 1.165) is 15.4 Å². The number of fused-ring (bicyclic) bond motifs is 1. The van der Waals surface area contributed by atoms with Crippen LogP contribution in [0.1, 0.15) is 13.8 Å². The predicted octanol–water partition coefficient (Wildman–Crippen LogP) is 4.73. The van der Waals surface area contributed by atoms with Crippen LogP contribution in [-0.4, -0.2) is 9.97 Å². The molecule has 1 heterocycles. The minimum Gasteiger partial charge on any atom is -0.236 e. The van der Waals surface area contributed by atoms with Crippen molar-refractivity contribution >= 4 is 50.0 Å². The summed E-state index contributed by atoms with van der Waals surface area (Å²) in [6.45, 7) is 4.00. The van der Waals surface area contributed by atoms with Crippen molar-refractivity contribution < 1.29 is 0 Å². The van der Waals surface area contributed by atoms with Gasteiger partial charge in [0.25, 0.3) is 0 Å². The molecule has 0 saturated heterocycles. The normalized spacial score (nSPS) is 9.67. The second-order valence-corrected chi connectivity index (χ2v) is 4.07. The van der Waals surface area contributed by atoms with Gasteiger partial charge in [0.05, 0.1) is 10.5 Å². The fourth-order valence-corrected chi connectivity index (χ4v) is 1.72. The van der Waals surface area contributed by atoms with Crippen LogP contribution >= 0.6 is 39.1 Å². The number of aromatic nitrogens is 2. The average molecular weight is 308 g/mol. The Kier molecular flexibility index (Phi) is 4.77. The maximum absolute atomic E-state index is 5.89. The van der Waals surface area contributed by atoms with Crippen LogP contribution in [0.4, 0.5) is 0 Å². The highest BCUT2D eigenvalue weighted by Gasteiger charge is 2.04. The van der Waals surface area contributed by atoms with E-state index >= 15 is 0 Å². The van der Waals surface area contributed by atoms with Gasteiger partial charge >= 0.3 is 0 Å². The fraction of sp³-hybridized carbons (Fsp3) is 0.200. The van der Waals surface area contributed by atoms with Crippen LogP contribution in [0.5, 0.6) is 0 Å². The molecule has 0 aliphatic rings. The molecule has 0 spiro atoms. The zero-order valence-electron chi connectivity index (χ0n) is 8.26. The minimum atomic E-state index is 0.433. The molecule has 0 fully saturated rings. The van der Waals surface area contributed by atoms with Gasteiger partial charge in [-0.1, -0.05) is 37.0 Å². The molecule has 0 aliphatic heterocycles. The van der Waals surface area contributed by atoms with Gasteiger partial charge in [-0.15, -0.1) is 0 Å². The Morgan fingerprint density at radius 2 is 1.80 bits per heavy atom. The summed E-state index contributed by atoms with van der Waals surface area (Å²) in [6, 6.07) is 3.55. The molecule has 5 heteroatoms. The maximum atomic E-state index is 5.89. The van der Waals surface area contributed by atoms with Crippen LogP contribution in [0.2, 0.25) is 10.2 Å². The van der Waals surface area contributed by atoms with Gasteiger partial charge in [0.1, 0.15) is 11.5 Å². The third-order valence-corrected chi connectivity index (χ3v) is 3.13. The smallest absolute Gasteiger partial charge is 0.140 e. The number of rotatable bonds is 0. The summed E-state index contributed by atoms with van der Waals surface area (Å²) in [5.41, 5.74) is 0.744. The first-order valence-corrected chi connectivity index (χ1v) is 5.98. The minimum absolute atomic E-state index is 0.433. The van der Waals surface area contributed by atoms with Gasteiger partial charge in [-0.25, -0.2) is 9.97 Å². The second-order valence-electron chi connectivity index (χ2n) is 2.45. The molecule has 0 N–H and O–H groups in total. The lowest BCUT2D eigenvalue weighted by Crippen LogP contribution is -1.83. The van der Waals surface area contributed by atoms with Crippen molar-refractivity contribution in [2.75, 3.05) is 0 Å². The highest BCUT2D eigenvalue weighted by Crippen LogP contribution is 2.29. The molecule has 0 saturated carbocycles. The molecule has 2 rings (SSSR count). The van der Waals surface area contributed by atoms with Gasteiger partial charge in [0.15, 0.2) is 0 Å². The lowest BCUT2D eigenvalue weighted by Gasteiger charge is -2.00. The van der Waals surface area contributed by atoms with Crippen LogP contribution < -0.4 is 0 Å². The third kappa shape index (κ3) is 2.80. The van der Waals surface area contributed by atoms with Crippen molar-refractivity contribution in [1.29, 1.82) is 0 Å². The van der Waals surface area contributed by atoms with Gasteiger partial charge in [0.2, 0.25) is 0 Å². The van der Waals surface area contributed by atoms with E-state index in [1.54, 1.807) is 12.1 Å². The van der Waals surface area contributed by atoms with Crippen molar-refractivity contribution in [2.24, 2.45) is 0 Å².